The molecule has 0 saturated carbocycles. The van der Waals surface area contributed by atoms with Gasteiger partial charge in [-0.1, -0.05) is 0 Å². The summed E-state index contributed by atoms with van der Waals surface area (Å²) in [5.41, 5.74) is -1.06. The van der Waals surface area contributed by atoms with Crippen LogP contribution in [0.5, 0.6) is 0 Å². The van der Waals surface area contributed by atoms with Gasteiger partial charge in [-0.3, -0.25) is 4.79 Å². The highest BCUT2D eigenvalue weighted by molar-refractivity contribution is 9.10. The number of rotatable bonds is 2. The summed E-state index contributed by atoms with van der Waals surface area (Å²) < 4.78 is 25.8. The van der Waals surface area contributed by atoms with E-state index in [1.807, 2.05) is 0 Å². The van der Waals surface area contributed by atoms with Crippen LogP contribution in [0, 0.1) is 11.6 Å². The second-order valence-corrected chi connectivity index (χ2v) is 3.21. The van der Waals surface area contributed by atoms with Crippen LogP contribution < -0.4 is 0 Å². The molecule has 14 heavy (non-hydrogen) atoms. The molecule has 0 saturated heterocycles. The van der Waals surface area contributed by atoms with E-state index < -0.39 is 29.0 Å². The number of carbonyl (C=O) groups is 2. The molecule has 0 heterocycles. The maximum Gasteiger partial charge on any atom is 0.377 e. The van der Waals surface area contributed by atoms with Crippen molar-refractivity contribution in [2.75, 3.05) is 0 Å². The van der Waals surface area contributed by atoms with Gasteiger partial charge in [0.2, 0.25) is 0 Å². The third-order valence-corrected chi connectivity index (χ3v) is 2.08. The standard InChI is InChI=1S/C8H3BrF2O3/c9-3-1-2-4(10)5(6(3)11)7(12)8(13)14/h1-2H,(H,13,14). The summed E-state index contributed by atoms with van der Waals surface area (Å²) in [6.07, 6.45) is 0. The number of benzene rings is 1. The van der Waals surface area contributed by atoms with Crippen molar-refractivity contribution in [3.05, 3.63) is 33.8 Å². The zero-order chi connectivity index (χ0) is 10.9. The number of halogens is 3. The molecule has 0 amide bonds. The molecule has 0 aliphatic rings. The molecule has 6 heteroatoms. The van der Waals surface area contributed by atoms with Crippen LogP contribution in [0.1, 0.15) is 10.4 Å². The van der Waals surface area contributed by atoms with Gasteiger partial charge in [0.1, 0.15) is 11.4 Å². The fourth-order valence-electron chi connectivity index (χ4n) is 0.842. The Morgan fingerprint density at radius 1 is 1.29 bits per heavy atom. The lowest BCUT2D eigenvalue weighted by atomic mass is 10.1. The van der Waals surface area contributed by atoms with Gasteiger partial charge in [0.25, 0.3) is 5.78 Å². The van der Waals surface area contributed by atoms with Gasteiger partial charge in [0.15, 0.2) is 5.82 Å². The molecule has 0 bridgehead atoms. The Kier molecular flexibility index (Phi) is 2.95. The lowest BCUT2D eigenvalue weighted by Gasteiger charge is -2.01. The van der Waals surface area contributed by atoms with Crippen molar-refractivity contribution in [3.63, 3.8) is 0 Å². The monoisotopic (exact) mass is 264 g/mol. The molecule has 74 valence electrons. The highest BCUT2D eigenvalue weighted by Crippen LogP contribution is 2.21. The number of carboxylic acids is 1. The number of aliphatic carboxylic acids is 1. The van der Waals surface area contributed by atoms with E-state index in [1.165, 1.54) is 0 Å². The van der Waals surface area contributed by atoms with Crippen molar-refractivity contribution in [1.82, 2.24) is 0 Å². The molecule has 0 spiro atoms. The number of ketones is 1. The van der Waals surface area contributed by atoms with E-state index in [9.17, 15) is 18.4 Å². The highest BCUT2D eigenvalue weighted by Gasteiger charge is 2.24. The van der Waals surface area contributed by atoms with Crippen LogP contribution in [0.2, 0.25) is 0 Å². The molecule has 0 atom stereocenters. The fraction of sp³-hybridized carbons (Fsp3) is 0. The second-order valence-electron chi connectivity index (χ2n) is 2.35. The Bertz CT molecular complexity index is 417. The maximum atomic E-state index is 13.1. The van der Waals surface area contributed by atoms with Gasteiger partial charge < -0.3 is 5.11 Å². The summed E-state index contributed by atoms with van der Waals surface area (Å²) in [4.78, 5) is 21.1. The number of carboxylic acid groups (broad SMARTS) is 1. The minimum absolute atomic E-state index is 0.163. The molecule has 0 aliphatic heterocycles. The average molecular weight is 265 g/mol. The summed E-state index contributed by atoms with van der Waals surface area (Å²) in [6.45, 7) is 0. The van der Waals surface area contributed by atoms with E-state index in [0.29, 0.717) is 0 Å². The number of hydrogen-bond acceptors (Lipinski definition) is 2. The minimum atomic E-state index is -1.90. The van der Waals surface area contributed by atoms with E-state index in [-0.39, 0.29) is 4.47 Å². The zero-order valence-electron chi connectivity index (χ0n) is 6.55. The first-order valence-corrected chi connectivity index (χ1v) is 4.15. The molecule has 1 aromatic carbocycles. The Labute approximate surface area is 85.5 Å². The summed E-state index contributed by atoms with van der Waals surface area (Å²) in [7, 11) is 0. The van der Waals surface area contributed by atoms with Crippen LogP contribution in [-0.4, -0.2) is 16.9 Å². The van der Waals surface area contributed by atoms with Crippen molar-refractivity contribution in [1.29, 1.82) is 0 Å². The Morgan fingerprint density at radius 2 is 1.86 bits per heavy atom. The van der Waals surface area contributed by atoms with Crippen molar-refractivity contribution < 1.29 is 23.5 Å². The molecule has 1 N–H and O–H groups in total. The molecule has 0 aliphatic carbocycles. The predicted octanol–water partition coefficient (Wildman–Crippen LogP) is 1.99. The molecular weight excluding hydrogens is 262 g/mol. The minimum Gasteiger partial charge on any atom is -0.475 e. The van der Waals surface area contributed by atoms with E-state index in [2.05, 4.69) is 15.9 Å². The zero-order valence-corrected chi connectivity index (χ0v) is 8.14. The average Bonchev–Trinajstić information content (AvgIpc) is 2.12. The molecule has 0 radical (unpaired) electrons. The molecule has 3 nitrogen and oxygen atoms in total. The first-order chi connectivity index (χ1) is 6.45. The number of hydrogen-bond donors (Lipinski definition) is 1. The molecule has 1 aromatic rings. The predicted molar refractivity (Wildman–Crippen MR) is 46.0 cm³/mol. The van der Waals surface area contributed by atoms with Crippen molar-refractivity contribution in [2.24, 2.45) is 0 Å². The van der Waals surface area contributed by atoms with Gasteiger partial charge in [-0.05, 0) is 28.1 Å². The third-order valence-electron chi connectivity index (χ3n) is 1.47. The van der Waals surface area contributed by atoms with Crippen molar-refractivity contribution >= 4 is 27.7 Å². The van der Waals surface area contributed by atoms with Gasteiger partial charge in [0, 0.05) is 0 Å². The molecule has 1 rings (SSSR count). The van der Waals surface area contributed by atoms with Crippen LogP contribution in [0.15, 0.2) is 16.6 Å². The van der Waals surface area contributed by atoms with Gasteiger partial charge in [-0.15, -0.1) is 0 Å². The Hall–Kier alpha value is -1.30. The van der Waals surface area contributed by atoms with Gasteiger partial charge in [-0.25, -0.2) is 13.6 Å². The van der Waals surface area contributed by atoms with E-state index in [1.54, 1.807) is 0 Å². The first kappa shape index (κ1) is 10.8. The third kappa shape index (κ3) is 1.79. The topological polar surface area (TPSA) is 54.4 Å². The largest absolute Gasteiger partial charge is 0.475 e. The van der Waals surface area contributed by atoms with Crippen LogP contribution in [0.4, 0.5) is 8.78 Å². The van der Waals surface area contributed by atoms with Crippen molar-refractivity contribution in [2.45, 2.75) is 0 Å². The summed E-state index contributed by atoms with van der Waals surface area (Å²) >= 11 is 2.71. The summed E-state index contributed by atoms with van der Waals surface area (Å²) in [5, 5.41) is 8.28. The first-order valence-electron chi connectivity index (χ1n) is 3.36. The van der Waals surface area contributed by atoms with E-state index >= 15 is 0 Å². The van der Waals surface area contributed by atoms with Gasteiger partial charge in [-0.2, -0.15) is 0 Å². The number of carbonyl (C=O) groups excluding carboxylic acids is 1. The van der Waals surface area contributed by atoms with Crippen LogP contribution in [-0.2, 0) is 4.79 Å². The molecular formula is C8H3BrF2O3. The van der Waals surface area contributed by atoms with Gasteiger partial charge in [0.05, 0.1) is 4.47 Å². The second kappa shape index (κ2) is 3.83. The molecule has 0 fully saturated rings. The van der Waals surface area contributed by atoms with Gasteiger partial charge >= 0.3 is 5.97 Å². The molecule has 0 aromatic heterocycles. The maximum absolute atomic E-state index is 13.1. The van der Waals surface area contributed by atoms with Crippen molar-refractivity contribution in [3.8, 4) is 0 Å². The van der Waals surface area contributed by atoms with E-state index in [0.717, 1.165) is 12.1 Å². The lowest BCUT2D eigenvalue weighted by molar-refractivity contribution is -0.131. The lowest BCUT2D eigenvalue weighted by Crippen LogP contribution is -2.16. The number of Topliss-reactive ketones (excluding diaryl/α,β-unsaturated/α-hetero) is 1. The Balaban J connectivity index is 3.40. The Morgan fingerprint density at radius 3 is 2.36 bits per heavy atom. The van der Waals surface area contributed by atoms with Crippen LogP contribution in [0.3, 0.4) is 0 Å². The summed E-state index contributed by atoms with van der Waals surface area (Å²) in [6, 6.07) is 1.85. The summed E-state index contributed by atoms with van der Waals surface area (Å²) in [5.74, 6) is -5.92. The molecule has 0 unspecified atom stereocenters. The van der Waals surface area contributed by atoms with Crippen LogP contribution in [0.25, 0.3) is 0 Å². The van der Waals surface area contributed by atoms with Crippen LogP contribution >= 0.6 is 15.9 Å². The fourth-order valence-corrected chi connectivity index (χ4v) is 1.17. The normalized spacial score (nSPS) is 9.93. The van der Waals surface area contributed by atoms with E-state index in [4.69, 9.17) is 5.11 Å². The smallest absolute Gasteiger partial charge is 0.377 e. The SMILES string of the molecule is O=C(O)C(=O)c1c(F)ccc(Br)c1F. The quantitative estimate of drug-likeness (QED) is 0.505. The highest BCUT2D eigenvalue weighted by atomic mass is 79.9.